The fourth-order valence-electron chi connectivity index (χ4n) is 5.35. The Morgan fingerprint density at radius 2 is 0.952 bits per heavy atom. The number of halogens is 4. The Balaban J connectivity index is 1.48. The van der Waals surface area contributed by atoms with Crippen LogP contribution in [-0.2, 0) is 12.6 Å². The largest absolute Gasteiger partial charge is 0.416 e. The maximum Gasteiger partial charge on any atom is 0.416 e. The molecule has 0 amide bonds. The van der Waals surface area contributed by atoms with E-state index in [4.69, 9.17) is 0 Å². The minimum absolute atomic E-state index is 0.286. The van der Waals surface area contributed by atoms with Crippen LogP contribution >= 0.6 is 0 Å². The maximum absolute atomic E-state index is 13.7. The van der Waals surface area contributed by atoms with Crippen LogP contribution in [0.3, 0.4) is 0 Å². The summed E-state index contributed by atoms with van der Waals surface area (Å²) in [4.78, 5) is 0. The highest BCUT2D eigenvalue weighted by molar-refractivity contribution is 5.92. The van der Waals surface area contributed by atoms with E-state index in [2.05, 4.69) is 61.5 Å². The molecule has 42 heavy (non-hydrogen) atoms. The molecule has 0 unspecified atom stereocenters. The molecule has 0 spiro atoms. The number of aryl methyl sites for hydroxylation is 2. The van der Waals surface area contributed by atoms with E-state index in [-0.39, 0.29) is 5.82 Å². The van der Waals surface area contributed by atoms with Crippen molar-refractivity contribution in [2.45, 2.75) is 26.4 Å². The summed E-state index contributed by atoms with van der Waals surface area (Å²) in [6.07, 6.45) is -3.89. The zero-order valence-electron chi connectivity index (χ0n) is 23.3. The number of hydrogen-bond acceptors (Lipinski definition) is 0. The molecule has 0 atom stereocenters. The molecule has 6 rings (SSSR count). The van der Waals surface area contributed by atoms with E-state index in [0.717, 1.165) is 49.7 Å². The van der Waals surface area contributed by atoms with E-state index in [1.54, 1.807) is 12.1 Å². The van der Waals surface area contributed by atoms with Crippen molar-refractivity contribution < 1.29 is 17.6 Å². The van der Waals surface area contributed by atoms with Crippen LogP contribution in [0.15, 0.2) is 121 Å². The highest BCUT2D eigenvalue weighted by atomic mass is 19.4. The first-order valence-electron chi connectivity index (χ1n) is 13.9. The maximum atomic E-state index is 13.7. The molecule has 0 aliphatic heterocycles. The monoisotopic (exact) mass is 560 g/mol. The molecule has 0 aliphatic rings. The van der Waals surface area contributed by atoms with Gasteiger partial charge in [-0.15, -0.1) is 0 Å². The van der Waals surface area contributed by atoms with E-state index in [1.807, 2.05) is 37.3 Å². The lowest BCUT2D eigenvalue weighted by molar-refractivity contribution is -0.137. The lowest BCUT2D eigenvalue weighted by Gasteiger charge is -2.14. The lowest BCUT2D eigenvalue weighted by atomic mass is 9.91. The zero-order chi connectivity index (χ0) is 29.4. The van der Waals surface area contributed by atoms with Crippen molar-refractivity contribution in [1.29, 1.82) is 0 Å². The Bertz CT molecular complexity index is 1830. The summed E-state index contributed by atoms with van der Waals surface area (Å²) >= 11 is 0. The molecule has 0 heterocycles. The van der Waals surface area contributed by atoms with Gasteiger partial charge in [0.15, 0.2) is 0 Å². The van der Waals surface area contributed by atoms with Crippen LogP contribution in [0, 0.1) is 12.7 Å². The Morgan fingerprint density at radius 1 is 0.476 bits per heavy atom. The lowest BCUT2D eigenvalue weighted by Crippen LogP contribution is -2.06. The summed E-state index contributed by atoms with van der Waals surface area (Å²) in [7, 11) is 0. The van der Waals surface area contributed by atoms with E-state index in [1.165, 1.54) is 29.8 Å². The van der Waals surface area contributed by atoms with Crippen LogP contribution in [0.4, 0.5) is 17.6 Å². The fraction of sp³-hybridized carbons (Fsp3) is 0.105. The van der Waals surface area contributed by atoms with Gasteiger partial charge < -0.3 is 0 Å². The SMILES string of the molecule is CCc1cc(-c2ccc3ccc(-c4cc(-c5ccc(C)cc5)cc(-c5ccc(F)cc5)c4)cc3c2)cc(C(F)(F)F)c1. The first kappa shape index (κ1) is 27.5. The molecule has 6 aromatic rings. The zero-order valence-corrected chi connectivity index (χ0v) is 23.3. The van der Waals surface area contributed by atoms with Gasteiger partial charge in [-0.2, -0.15) is 13.2 Å². The van der Waals surface area contributed by atoms with E-state index < -0.39 is 11.7 Å². The highest BCUT2D eigenvalue weighted by Crippen LogP contribution is 2.37. The minimum atomic E-state index is -4.41. The summed E-state index contributed by atoms with van der Waals surface area (Å²) in [6, 6.07) is 37.4. The average molecular weight is 561 g/mol. The highest BCUT2D eigenvalue weighted by Gasteiger charge is 2.31. The van der Waals surface area contributed by atoms with Crippen molar-refractivity contribution in [3.05, 3.63) is 144 Å². The third kappa shape index (κ3) is 5.71. The molecule has 0 fully saturated rings. The van der Waals surface area contributed by atoms with Crippen LogP contribution < -0.4 is 0 Å². The van der Waals surface area contributed by atoms with Gasteiger partial charge in [0.2, 0.25) is 0 Å². The standard InChI is InChI=1S/C38H28F4/c1-3-25-16-31(23-36(17-25)38(40,41)42)29-10-8-27-9-11-30(19-32(27)18-29)35-21-33(26-6-4-24(2)5-7-26)20-34(22-35)28-12-14-37(39)15-13-28/h4-23H,3H2,1-2H3. The van der Waals surface area contributed by atoms with Crippen LogP contribution in [0.5, 0.6) is 0 Å². The first-order valence-corrected chi connectivity index (χ1v) is 13.9. The Kier molecular flexibility index (Phi) is 7.16. The Labute approximate surface area is 242 Å². The van der Waals surface area contributed by atoms with Crippen LogP contribution in [0.1, 0.15) is 23.6 Å². The van der Waals surface area contributed by atoms with Crippen LogP contribution in [0.25, 0.3) is 55.3 Å². The minimum Gasteiger partial charge on any atom is -0.207 e. The molecule has 0 N–H and O–H groups in total. The number of alkyl halides is 3. The number of fused-ring (bicyclic) bond motifs is 1. The molecule has 0 aliphatic carbocycles. The third-order valence-corrected chi connectivity index (χ3v) is 7.73. The molecule has 0 radical (unpaired) electrons. The second kappa shape index (κ2) is 10.9. The van der Waals surface area contributed by atoms with Crippen molar-refractivity contribution in [2.24, 2.45) is 0 Å². The van der Waals surface area contributed by atoms with Gasteiger partial charge in [-0.1, -0.05) is 79.2 Å². The summed E-state index contributed by atoms with van der Waals surface area (Å²) in [5.74, 6) is -0.286. The molecule has 208 valence electrons. The van der Waals surface area contributed by atoms with Gasteiger partial charge in [0.25, 0.3) is 0 Å². The molecular weight excluding hydrogens is 532 g/mol. The fourth-order valence-corrected chi connectivity index (χ4v) is 5.35. The predicted molar refractivity (Wildman–Crippen MR) is 165 cm³/mol. The topological polar surface area (TPSA) is 0 Å². The normalized spacial score (nSPS) is 11.7. The van der Waals surface area contributed by atoms with Crippen molar-refractivity contribution >= 4 is 10.8 Å². The summed E-state index contributed by atoms with van der Waals surface area (Å²) in [5, 5.41) is 1.93. The van der Waals surface area contributed by atoms with Crippen molar-refractivity contribution in [1.82, 2.24) is 0 Å². The molecule has 0 saturated carbocycles. The molecule has 4 heteroatoms. The van der Waals surface area contributed by atoms with E-state index in [9.17, 15) is 17.6 Å². The van der Waals surface area contributed by atoms with Gasteiger partial charge in [-0.05, 0) is 129 Å². The second-order valence-corrected chi connectivity index (χ2v) is 10.7. The Morgan fingerprint density at radius 3 is 1.48 bits per heavy atom. The molecule has 0 bridgehead atoms. The third-order valence-electron chi connectivity index (χ3n) is 7.73. The van der Waals surface area contributed by atoms with Gasteiger partial charge in [0.1, 0.15) is 5.82 Å². The Hall–Kier alpha value is -4.70. The molecule has 6 aromatic carbocycles. The number of benzene rings is 6. The van der Waals surface area contributed by atoms with Gasteiger partial charge in [-0.25, -0.2) is 4.39 Å². The summed E-state index contributed by atoms with van der Waals surface area (Å²) in [6.45, 7) is 3.91. The smallest absolute Gasteiger partial charge is 0.207 e. The molecular formula is C38H28F4. The van der Waals surface area contributed by atoms with Gasteiger partial charge >= 0.3 is 6.18 Å². The van der Waals surface area contributed by atoms with Gasteiger partial charge in [0.05, 0.1) is 5.56 Å². The average Bonchev–Trinajstić information content (AvgIpc) is 3.00. The summed E-state index contributed by atoms with van der Waals surface area (Å²) < 4.78 is 54.6. The quantitative estimate of drug-likeness (QED) is 0.184. The van der Waals surface area contributed by atoms with Gasteiger partial charge in [0, 0.05) is 0 Å². The number of rotatable bonds is 5. The first-order chi connectivity index (χ1) is 20.2. The van der Waals surface area contributed by atoms with Gasteiger partial charge in [-0.3, -0.25) is 0 Å². The van der Waals surface area contributed by atoms with Crippen molar-refractivity contribution in [3.63, 3.8) is 0 Å². The molecule has 0 aromatic heterocycles. The summed E-state index contributed by atoms with van der Waals surface area (Å²) in [5.41, 5.74) is 8.44. The van der Waals surface area contributed by atoms with Crippen LogP contribution in [0.2, 0.25) is 0 Å². The van der Waals surface area contributed by atoms with E-state index >= 15 is 0 Å². The van der Waals surface area contributed by atoms with Crippen LogP contribution in [-0.4, -0.2) is 0 Å². The predicted octanol–water partition coefficient (Wildman–Crippen LogP) is 11.5. The van der Waals surface area contributed by atoms with E-state index in [0.29, 0.717) is 17.5 Å². The van der Waals surface area contributed by atoms with Crippen molar-refractivity contribution in [2.75, 3.05) is 0 Å². The second-order valence-electron chi connectivity index (χ2n) is 10.7. The van der Waals surface area contributed by atoms with Crippen molar-refractivity contribution in [3.8, 4) is 44.5 Å². The molecule has 0 nitrogen and oxygen atoms in total. The number of hydrogen-bond donors (Lipinski definition) is 0. The molecule has 0 saturated heterocycles.